The van der Waals surface area contributed by atoms with Crippen LogP contribution in [0.3, 0.4) is 0 Å². The summed E-state index contributed by atoms with van der Waals surface area (Å²) in [4.78, 5) is 1.46. The maximum absolute atomic E-state index is 2.35. The van der Waals surface area contributed by atoms with E-state index in [4.69, 9.17) is 0 Å². The summed E-state index contributed by atoms with van der Waals surface area (Å²) < 4.78 is 0. The van der Waals surface area contributed by atoms with Crippen LogP contribution in [0, 0.1) is 17.8 Å². The lowest BCUT2D eigenvalue weighted by molar-refractivity contribution is 0.165. The molecular weight excluding hydrogens is 284 g/mol. The van der Waals surface area contributed by atoms with E-state index in [1.54, 1.807) is 0 Å². The topological polar surface area (TPSA) is 0 Å². The predicted molar refractivity (Wildman–Crippen MR) is 98.4 cm³/mol. The van der Waals surface area contributed by atoms with Crippen LogP contribution in [0.15, 0.2) is 35.2 Å². The van der Waals surface area contributed by atoms with E-state index in [1.807, 2.05) is 0 Å². The first-order chi connectivity index (χ1) is 10.8. The van der Waals surface area contributed by atoms with Crippen LogP contribution in [0.4, 0.5) is 0 Å². The Hall–Kier alpha value is -0.430. The van der Waals surface area contributed by atoms with Gasteiger partial charge in [0.2, 0.25) is 0 Å². The molecule has 2 aliphatic rings. The molecule has 2 fully saturated rings. The number of hydrogen-bond acceptors (Lipinski definition) is 1. The van der Waals surface area contributed by atoms with Crippen molar-refractivity contribution in [2.75, 3.05) is 0 Å². The Morgan fingerprint density at radius 3 is 2.00 bits per heavy atom. The van der Waals surface area contributed by atoms with Crippen molar-refractivity contribution >= 4 is 11.8 Å². The fourth-order valence-electron chi connectivity index (χ4n) is 4.73. The number of rotatable bonds is 5. The van der Waals surface area contributed by atoms with Gasteiger partial charge in [0.25, 0.3) is 0 Å². The zero-order valence-corrected chi connectivity index (χ0v) is 15.0. The molecule has 1 aromatic carbocycles. The third-order valence-electron chi connectivity index (χ3n) is 6.02. The highest BCUT2D eigenvalue weighted by Crippen LogP contribution is 2.43. The van der Waals surface area contributed by atoms with Crippen molar-refractivity contribution in [2.45, 2.75) is 81.3 Å². The highest BCUT2D eigenvalue weighted by Gasteiger charge is 2.30. The quantitative estimate of drug-likeness (QED) is 0.566. The molecule has 3 rings (SSSR count). The number of hydrogen-bond donors (Lipinski definition) is 0. The van der Waals surface area contributed by atoms with Gasteiger partial charge >= 0.3 is 0 Å². The zero-order valence-electron chi connectivity index (χ0n) is 14.2. The fourth-order valence-corrected chi connectivity index (χ4v) is 5.93. The lowest BCUT2D eigenvalue weighted by Crippen LogP contribution is -2.26. The third-order valence-corrected chi connectivity index (χ3v) is 7.37. The van der Waals surface area contributed by atoms with E-state index in [-0.39, 0.29) is 0 Å². The van der Waals surface area contributed by atoms with Crippen LogP contribution in [-0.2, 0) is 0 Å². The first-order valence-electron chi connectivity index (χ1n) is 9.57. The summed E-state index contributed by atoms with van der Waals surface area (Å²) in [5.74, 6) is 3.18. The summed E-state index contributed by atoms with van der Waals surface area (Å²) in [6.07, 6.45) is 14.9. The van der Waals surface area contributed by atoms with Crippen molar-refractivity contribution in [2.24, 2.45) is 17.8 Å². The minimum atomic E-state index is 0.870. The summed E-state index contributed by atoms with van der Waals surface area (Å²) in [5, 5.41) is 0.870. The molecule has 2 aliphatic carbocycles. The molecule has 1 aromatic rings. The number of thioether (sulfide) groups is 1. The Balaban J connectivity index is 1.40. The maximum Gasteiger partial charge on any atom is 0.00946 e. The van der Waals surface area contributed by atoms with Gasteiger partial charge < -0.3 is 0 Å². The summed E-state index contributed by atoms with van der Waals surface area (Å²) in [6.45, 7) is 2.35. The van der Waals surface area contributed by atoms with Crippen LogP contribution in [0.2, 0.25) is 0 Å². The van der Waals surface area contributed by atoms with Crippen LogP contribution < -0.4 is 0 Å². The second kappa shape index (κ2) is 8.43. The molecule has 122 valence electrons. The standard InChI is InChI=1S/C21H32S/c1-2-6-17-9-11-18(12-10-17)19-13-15-21(16-14-19)22-20-7-4-3-5-8-20/h3-5,7-8,17-19,21H,2,6,9-16H2,1H3. The predicted octanol–water partition coefficient (Wildman–Crippen LogP) is 6.94. The van der Waals surface area contributed by atoms with Crippen LogP contribution in [-0.4, -0.2) is 5.25 Å². The van der Waals surface area contributed by atoms with Gasteiger partial charge in [0.15, 0.2) is 0 Å². The van der Waals surface area contributed by atoms with Gasteiger partial charge in [-0.2, -0.15) is 0 Å². The van der Waals surface area contributed by atoms with Gasteiger partial charge in [-0.15, -0.1) is 11.8 Å². The SMILES string of the molecule is CCCC1CCC(C2CCC(Sc3ccccc3)CC2)CC1. The molecule has 0 aromatic heterocycles. The second-order valence-electron chi connectivity index (χ2n) is 7.54. The molecule has 1 heteroatoms. The van der Waals surface area contributed by atoms with Crippen LogP contribution >= 0.6 is 11.8 Å². The summed E-state index contributed by atoms with van der Waals surface area (Å²) in [7, 11) is 0. The van der Waals surface area contributed by atoms with Gasteiger partial charge in [-0.1, -0.05) is 50.8 Å². The lowest BCUT2D eigenvalue weighted by Gasteiger charge is -2.37. The van der Waals surface area contributed by atoms with Gasteiger partial charge in [0.05, 0.1) is 0 Å². The van der Waals surface area contributed by atoms with Gasteiger partial charge in [-0.05, 0) is 68.4 Å². The monoisotopic (exact) mass is 316 g/mol. The highest BCUT2D eigenvalue weighted by atomic mass is 32.2. The highest BCUT2D eigenvalue weighted by molar-refractivity contribution is 8.00. The van der Waals surface area contributed by atoms with Crippen LogP contribution in [0.5, 0.6) is 0 Å². The molecule has 0 heterocycles. The second-order valence-corrected chi connectivity index (χ2v) is 8.91. The first kappa shape index (κ1) is 16.4. The largest absolute Gasteiger partial charge is 0.123 e. The van der Waals surface area contributed by atoms with E-state index in [9.17, 15) is 0 Å². The average Bonchev–Trinajstić information content (AvgIpc) is 2.58. The van der Waals surface area contributed by atoms with E-state index in [2.05, 4.69) is 49.0 Å². The molecule has 0 radical (unpaired) electrons. The van der Waals surface area contributed by atoms with Crippen molar-refractivity contribution < 1.29 is 0 Å². The van der Waals surface area contributed by atoms with E-state index in [1.165, 1.54) is 69.1 Å². The average molecular weight is 317 g/mol. The third kappa shape index (κ3) is 4.54. The Labute approximate surface area is 141 Å². The van der Waals surface area contributed by atoms with E-state index < -0.39 is 0 Å². The maximum atomic E-state index is 2.35. The molecule has 0 N–H and O–H groups in total. The van der Waals surface area contributed by atoms with Gasteiger partial charge in [0.1, 0.15) is 0 Å². The molecule has 2 saturated carbocycles. The lowest BCUT2D eigenvalue weighted by atomic mass is 9.70. The molecule has 0 atom stereocenters. The van der Waals surface area contributed by atoms with Gasteiger partial charge in [0, 0.05) is 10.1 Å². The van der Waals surface area contributed by atoms with E-state index >= 15 is 0 Å². The Morgan fingerprint density at radius 1 is 0.818 bits per heavy atom. The molecule has 0 spiro atoms. The summed E-state index contributed by atoms with van der Waals surface area (Å²) in [5.41, 5.74) is 0. The zero-order chi connectivity index (χ0) is 15.2. The molecule has 0 unspecified atom stereocenters. The van der Waals surface area contributed by atoms with Gasteiger partial charge in [-0.3, -0.25) is 0 Å². The van der Waals surface area contributed by atoms with Crippen molar-refractivity contribution in [1.29, 1.82) is 0 Å². The van der Waals surface area contributed by atoms with Crippen molar-refractivity contribution in [1.82, 2.24) is 0 Å². The van der Waals surface area contributed by atoms with Crippen LogP contribution in [0.1, 0.15) is 71.1 Å². The summed E-state index contributed by atoms with van der Waals surface area (Å²) >= 11 is 2.12. The van der Waals surface area contributed by atoms with Crippen molar-refractivity contribution in [3.05, 3.63) is 30.3 Å². The molecule has 0 nitrogen and oxygen atoms in total. The van der Waals surface area contributed by atoms with Gasteiger partial charge in [-0.25, -0.2) is 0 Å². The normalized spacial score (nSPS) is 32.8. The Morgan fingerprint density at radius 2 is 1.41 bits per heavy atom. The summed E-state index contributed by atoms with van der Waals surface area (Å²) in [6, 6.07) is 11.0. The van der Waals surface area contributed by atoms with E-state index in [0.717, 1.165) is 23.0 Å². The Kier molecular flexibility index (Phi) is 6.30. The Bertz CT molecular complexity index is 411. The molecule has 22 heavy (non-hydrogen) atoms. The molecule has 0 bridgehead atoms. The smallest absolute Gasteiger partial charge is 0.00946 e. The first-order valence-corrected chi connectivity index (χ1v) is 10.4. The minimum Gasteiger partial charge on any atom is -0.123 e. The van der Waals surface area contributed by atoms with E-state index in [0.29, 0.717) is 0 Å². The fraction of sp³-hybridized carbons (Fsp3) is 0.714. The molecule has 0 aliphatic heterocycles. The molecule has 0 amide bonds. The minimum absolute atomic E-state index is 0.870. The van der Waals surface area contributed by atoms with Crippen molar-refractivity contribution in [3.8, 4) is 0 Å². The van der Waals surface area contributed by atoms with Crippen molar-refractivity contribution in [3.63, 3.8) is 0 Å². The molecule has 0 saturated heterocycles. The van der Waals surface area contributed by atoms with Crippen LogP contribution in [0.25, 0.3) is 0 Å². The number of benzene rings is 1. The molecular formula is C21H32S.